The summed E-state index contributed by atoms with van der Waals surface area (Å²) in [7, 11) is 0. The Balaban J connectivity index is 2.38. The SMILES string of the molecule is O=C(O)CN(C(=O)c1ccc(F)cn1)c1cccc(Cl)c1. The fourth-order valence-corrected chi connectivity index (χ4v) is 1.88. The lowest BCUT2D eigenvalue weighted by Gasteiger charge is -2.20. The number of hydrogen-bond donors (Lipinski definition) is 1. The van der Waals surface area contributed by atoms with Crippen LogP contribution in [0.5, 0.6) is 0 Å². The number of amides is 1. The van der Waals surface area contributed by atoms with Crippen molar-refractivity contribution in [3.63, 3.8) is 0 Å². The zero-order valence-corrected chi connectivity index (χ0v) is 11.4. The molecule has 108 valence electrons. The number of benzene rings is 1. The van der Waals surface area contributed by atoms with Gasteiger partial charge in [-0.3, -0.25) is 14.5 Å². The van der Waals surface area contributed by atoms with Gasteiger partial charge in [0.25, 0.3) is 5.91 Å². The maximum absolute atomic E-state index is 12.8. The minimum Gasteiger partial charge on any atom is -0.480 e. The van der Waals surface area contributed by atoms with Gasteiger partial charge in [0.05, 0.1) is 6.20 Å². The summed E-state index contributed by atoms with van der Waals surface area (Å²) in [5.74, 6) is -2.43. The molecule has 0 aliphatic heterocycles. The number of anilines is 1. The van der Waals surface area contributed by atoms with E-state index in [-0.39, 0.29) is 5.69 Å². The predicted molar refractivity (Wildman–Crippen MR) is 75.0 cm³/mol. The summed E-state index contributed by atoms with van der Waals surface area (Å²) in [5, 5.41) is 9.31. The van der Waals surface area contributed by atoms with Gasteiger partial charge in [-0.05, 0) is 30.3 Å². The molecule has 5 nitrogen and oxygen atoms in total. The van der Waals surface area contributed by atoms with Gasteiger partial charge in [-0.2, -0.15) is 0 Å². The molecule has 0 aliphatic carbocycles. The van der Waals surface area contributed by atoms with Gasteiger partial charge in [-0.1, -0.05) is 17.7 Å². The first kappa shape index (κ1) is 14.9. The van der Waals surface area contributed by atoms with E-state index in [9.17, 15) is 14.0 Å². The summed E-state index contributed by atoms with van der Waals surface area (Å²) >= 11 is 5.85. The molecule has 1 heterocycles. The molecule has 21 heavy (non-hydrogen) atoms. The van der Waals surface area contributed by atoms with E-state index in [0.717, 1.165) is 17.2 Å². The highest BCUT2D eigenvalue weighted by molar-refractivity contribution is 6.31. The zero-order chi connectivity index (χ0) is 15.4. The third-order valence-corrected chi connectivity index (χ3v) is 2.84. The third-order valence-electron chi connectivity index (χ3n) is 2.60. The number of halogens is 2. The van der Waals surface area contributed by atoms with Crippen molar-refractivity contribution in [1.29, 1.82) is 0 Å². The number of aliphatic carboxylic acids is 1. The van der Waals surface area contributed by atoms with Gasteiger partial charge < -0.3 is 5.11 Å². The van der Waals surface area contributed by atoms with Gasteiger partial charge in [0.15, 0.2) is 0 Å². The van der Waals surface area contributed by atoms with Gasteiger partial charge >= 0.3 is 5.97 Å². The second-order valence-corrected chi connectivity index (χ2v) is 4.56. The second-order valence-electron chi connectivity index (χ2n) is 4.13. The van der Waals surface area contributed by atoms with Crippen molar-refractivity contribution in [2.24, 2.45) is 0 Å². The van der Waals surface area contributed by atoms with Crippen LogP contribution in [-0.2, 0) is 4.79 Å². The summed E-state index contributed by atoms with van der Waals surface area (Å²) in [6, 6.07) is 8.49. The molecular weight excluding hydrogens is 299 g/mol. The molecule has 0 aliphatic rings. The van der Waals surface area contributed by atoms with Crippen LogP contribution in [0.2, 0.25) is 5.02 Å². The van der Waals surface area contributed by atoms with Crippen LogP contribution in [-0.4, -0.2) is 28.5 Å². The Kier molecular flexibility index (Phi) is 4.49. The average Bonchev–Trinajstić information content (AvgIpc) is 2.44. The van der Waals surface area contributed by atoms with E-state index in [0.29, 0.717) is 10.7 Å². The van der Waals surface area contributed by atoms with Crippen molar-refractivity contribution in [3.8, 4) is 0 Å². The maximum atomic E-state index is 12.8. The number of aromatic nitrogens is 1. The molecule has 2 rings (SSSR count). The molecule has 0 radical (unpaired) electrons. The van der Waals surface area contributed by atoms with E-state index in [2.05, 4.69) is 4.98 Å². The van der Waals surface area contributed by atoms with E-state index in [4.69, 9.17) is 16.7 Å². The Morgan fingerprint density at radius 3 is 2.62 bits per heavy atom. The lowest BCUT2D eigenvalue weighted by Crippen LogP contribution is -2.36. The molecule has 1 amide bonds. The Morgan fingerprint density at radius 2 is 2.05 bits per heavy atom. The molecule has 7 heteroatoms. The molecule has 0 fully saturated rings. The molecule has 1 aromatic carbocycles. The van der Waals surface area contributed by atoms with Crippen LogP contribution in [0, 0.1) is 5.82 Å². The number of carbonyl (C=O) groups excluding carboxylic acids is 1. The molecule has 0 bridgehead atoms. The lowest BCUT2D eigenvalue weighted by atomic mass is 10.2. The van der Waals surface area contributed by atoms with Crippen molar-refractivity contribution >= 4 is 29.2 Å². The number of carbonyl (C=O) groups is 2. The number of rotatable bonds is 4. The average molecular weight is 309 g/mol. The summed E-state index contributed by atoms with van der Waals surface area (Å²) in [6.07, 6.45) is 0.893. The van der Waals surface area contributed by atoms with Crippen molar-refractivity contribution in [3.05, 3.63) is 59.1 Å². The summed E-state index contributed by atoms with van der Waals surface area (Å²) in [5.41, 5.74) is 0.263. The van der Waals surface area contributed by atoms with Crippen molar-refractivity contribution in [1.82, 2.24) is 4.98 Å². The molecule has 0 saturated carbocycles. The van der Waals surface area contributed by atoms with E-state index in [1.165, 1.54) is 12.1 Å². The number of nitrogens with zero attached hydrogens (tertiary/aromatic N) is 2. The summed E-state index contributed by atoms with van der Waals surface area (Å²) < 4.78 is 12.8. The van der Waals surface area contributed by atoms with Gasteiger partial charge in [-0.25, -0.2) is 9.37 Å². The first-order chi connectivity index (χ1) is 9.97. The quantitative estimate of drug-likeness (QED) is 0.942. The lowest BCUT2D eigenvalue weighted by molar-refractivity contribution is -0.135. The fourth-order valence-electron chi connectivity index (χ4n) is 1.70. The highest BCUT2D eigenvalue weighted by atomic mass is 35.5. The fraction of sp³-hybridized carbons (Fsp3) is 0.0714. The van der Waals surface area contributed by atoms with Crippen LogP contribution >= 0.6 is 11.6 Å². The Labute approximate surface area is 124 Å². The highest BCUT2D eigenvalue weighted by Gasteiger charge is 2.21. The first-order valence-electron chi connectivity index (χ1n) is 5.88. The van der Waals surface area contributed by atoms with E-state index in [1.807, 2.05) is 0 Å². The molecule has 0 saturated heterocycles. The van der Waals surface area contributed by atoms with Crippen LogP contribution in [0.25, 0.3) is 0 Å². The minimum absolute atomic E-state index is 0.0578. The highest BCUT2D eigenvalue weighted by Crippen LogP contribution is 2.21. The molecule has 1 aromatic heterocycles. The molecule has 1 N–H and O–H groups in total. The van der Waals surface area contributed by atoms with Crippen molar-refractivity contribution in [2.75, 3.05) is 11.4 Å². The van der Waals surface area contributed by atoms with Gasteiger partial charge in [0.2, 0.25) is 0 Å². The number of hydrogen-bond acceptors (Lipinski definition) is 3. The van der Waals surface area contributed by atoms with Crippen LogP contribution in [0.15, 0.2) is 42.6 Å². The minimum atomic E-state index is -1.19. The Hall–Kier alpha value is -2.47. The molecule has 0 spiro atoms. The Morgan fingerprint density at radius 1 is 1.29 bits per heavy atom. The van der Waals surface area contributed by atoms with Gasteiger partial charge in [0.1, 0.15) is 18.1 Å². The smallest absolute Gasteiger partial charge is 0.323 e. The molecule has 0 unspecified atom stereocenters. The predicted octanol–water partition coefficient (Wildman–Crippen LogP) is 2.61. The Bertz CT molecular complexity index is 676. The largest absolute Gasteiger partial charge is 0.480 e. The van der Waals surface area contributed by atoms with Crippen LogP contribution in [0.4, 0.5) is 10.1 Å². The summed E-state index contributed by atoms with van der Waals surface area (Å²) in [6.45, 7) is -0.557. The number of carboxylic acid groups (broad SMARTS) is 1. The summed E-state index contributed by atoms with van der Waals surface area (Å²) in [4.78, 5) is 28.0. The number of pyridine rings is 1. The molecule has 2 aromatic rings. The van der Waals surface area contributed by atoms with Crippen LogP contribution in [0.1, 0.15) is 10.5 Å². The van der Waals surface area contributed by atoms with Crippen molar-refractivity contribution in [2.45, 2.75) is 0 Å². The van der Waals surface area contributed by atoms with Gasteiger partial charge in [0, 0.05) is 10.7 Å². The van der Waals surface area contributed by atoms with Gasteiger partial charge in [-0.15, -0.1) is 0 Å². The monoisotopic (exact) mass is 308 g/mol. The van der Waals surface area contributed by atoms with Crippen molar-refractivity contribution < 1.29 is 19.1 Å². The number of carboxylic acids is 1. The molecular formula is C14H10ClFN2O3. The van der Waals surface area contributed by atoms with E-state index >= 15 is 0 Å². The normalized spacial score (nSPS) is 10.2. The topological polar surface area (TPSA) is 70.5 Å². The first-order valence-corrected chi connectivity index (χ1v) is 6.26. The van der Waals surface area contributed by atoms with Crippen LogP contribution < -0.4 is 4.90 Å². The third kappa shape index (κ3) is 3.76. The van der Waals surface area contributed by atoms with Crippen LogP contribution in [0.3, 0.4) is 0 Å². The van der Waals surface area contributed by atoms with E-state index < -0.39 is 24.2 Å². The zero-order valence-electron chi connectivity index (χ0n) is 10.7. The standard InChI is InChI=1S/C14H10ClFN2O3/c15-9-2-1-3-11(6-9)18(8-13(19)20)14(21)12-5-4-10(16)7-17-12/h1-7H,8H2,(H,19,20). The maximum Gasteiger partial charge on any atom is 0.323 e. The van der Waals surface area contributed by atoms with E-state index in [1.54, 1.807) is 18.2 Å². The molecule has 0 atom stereocenters. The second kappa shape index (κ2) is 6.32.